The van der Waals surface area contributed by atoms with E-state index in [4.69, 9.17) is 10.4 Å². The summed E-state index contributed by atoms with van der Waals surface area (Å²) < 4.78 is 0.853. The van der Waals surface area contributed by atoms with Gasteiger partial charge in [-0.2, -0.15) is 5.26 Å². The van der Waals surface area contributed by atoms with E-state index in [0.717, 1.165) is 27.5 Å². The van der Waals surface area contributed by atoms with Crippen LogP contribution in [0.5, 0.6) is 0 Å². The molecular weight excluding hydrogens is 471 g/mol. The molecule has 0 spiro atoms. The van der Waals surface area contributed by atoms with Crippen LogP contribution in [0.25, 0.3) is 11.1 Å². The number of nitro groups is 1. The van der Waals surface area contributed by atoms with Crippen molar-refractivity contribution < 1.29 is 14.8 Å². The Hall–Kier alpha value is -2.47. The number of nitriles is 1. The number of hydrogen-bond donors (Lipinski definition) is 1. The quantitative estimate of drug-likeness (QED) is 0.205. The lowest BCUT2D eigenvalue weighted by Gasteiger charge is -2.05. The topological polar surface area (TPSA) is 104 Å². The predicted octanol–water partition coefficient (Wildman–Crippen LogP) is 6.17. The van der Waals surface area contributed by atoms with Gasteiger partial charge in [0.2, 0.25) is 0 Å². The lowest BCUT2D eigenvalue weighted by molar-refractivity contribution is -0.384. The SMILES string of the molecule is CCCCCCCC(=O)O.N#Cc1cccc(-c2ccc([N+](=O)[O-])cc2)c1I. The largest absolute Gasteiger partial charge is 0.481 e. The van der Waals surface area contributed by atoms with Crippen molar-refractivity contribution in [3.63, 3.8) is 0 Å². The van der Waals surface area contributed by atoms with Crippen LogP contribution in [0.4, 0.5) is 5.69 Å². The van der Waals surface area contributed by atoms with Gasteiger partial charge in [0, 0.05) is 22.1 Å². The van der Waals surface area contributed by atoms with E-state index in [1.807, 2.05) is 6.07 Å². The fraction of sp³-hybridized carbons (Fsp3) is 0.333. The minimum atomic E-state index is -0.670. The maximum Gasteiger partial charge on any atom is 0.303 e. The molecule has 0 amide bonds. The molecule has 2 aromatic carbocycles. The van der Waals surface area contributed by atoms with Crippen LogP contribution in [-0.2, 0) is 4.79 Å². The van der Waals surface area contributed by atoms with E-state index in [9.17, 15) is 14.9 Å². The van der Waals surface area contributed by atoms with Gasteiger partial charge in [0.05, 0.1) is 10.5 Å². The molecule has 2 aromatic rings. The molecule has 0 aliphatic heterocycles. The molecule has 0 unspecified atom stereocenters. The Kier molecular flexibility index (Phi) is 10.8. The van der Waals surface area contributed by atoms with Crippen molar-refractivity contribution in [1.82, 2.24) is 0 Å². The molecule has 0 saturated heterocycles. The van der Waals surface area contributed by atoms with Crippen molar-refractivity contribution in [2.45, 2.75) is 45.4 Å². The minimum Gasteiger partial charge on any atom is -0.481 e. The molecule has 2 rings (SSSR count). The summed E-state index contributed by atoms with van der Waals surface area (Å²) in [6, 6.07) is 13.9. The molecule has 0 aliphatic rings. The first-order valence-corrected chi connectivity index (χ1v) is 10.1. The van der Waals surface area contributed by atoms with Crippen LogP contribution >= 0.6 is 22.6 Å². The number of carboxylic acid groups (broad SMARTS) is 1. The minimum absolute atomic E-state index is 0.0604. The van der Waals surface area contributed by atoms with E-state index in [1.54, 1.807) is 24.3 Å². The van der Waals surface area contributed by atoms with Crippen LogP contribution in [0.15, 0.2) is 42.5 Å². The maximum atomic E-state index is 10.6. The van der Waals surface area contributed by atoms with E-state index in [0.29, 0.717) is 12.0 Å². The van der Waals surface area contributed by atoms with Gasteiger partial charge in [-0.05, 0) is 58.3 Å². The summed E-state index contributed by atoms with van der Waals surface area (Å²) in [6.45, 7) is 2.15. The number of hydrogen-bond acceptors (Lipinski definition) is 4. The van der Waals surface area contributed by atoms with Crippen molar-refractivity contribution in [1.29, 1.82) is 5.26 Å². The van der Waals surface area contributed by atoms with Gasteiger partial charge in [0.15, 0.2) is 0 Å². The van der Waals surface area contributed by atoms with Gasteiger partial charge in [-0.1, -0.05) is 44.7 Å². The van der Waals surface area contributed by atoms with Crippen LogP contribution in [0.2, 0.25) is 0 Å². The first-order chi connectivity index (χ1) is 13.4. The summed E-state index contributed by atoms with van der Waals surface area (Å²) in [5.74, 6) is -0.670. The zero-order valence-electron chi connectivity index (χ0n) is 15.7. The second-order valence-corrected chi connectivity index (χ2v) is 7.22. The van der Waals surface area contributed by atoms with Gasteiger partial charge in [-0.25, -0.2) is 0 Å². The van der Waals surface area contributed by atoms with E-state index in [-0.39, 0.29) is 5.69 Å². The Morgan fingerprint density at radius 2 is 1.79 bits per heavy atom. The van der Waals surface area contributed by atoms with Gasteiger partial charge in [-0.3, -0.25) is 14.9 Å². The molecule has 0 fully saturated rings. The average molecular weight is 494 g/mol. The van der Waals surface area contributed by atoms with Crippen molar-refractivity contribution in [3.05, 3.63) is 61.7 Å². The fourth-order valence-corrected chi connectivity index (χ4v) is 3.28. The van der Waals surface area contributed by atoms with Crippen LogP contribution < -0.4 is 0 Å². The number of nitrogens with zero attached hydrogens (tertiary/aromatic N) is 2. The number of halogens is 1. The first kappa shape index (κ1) is 23.6. The Morgan fingerprint density at radius 3 is 2.32 bits per heavy atom. The summed E-state index contributed by atoms with van der Waals surface area (Å²) in [5, 5.41) is 27.8. The van der Waals surface area contributed by atoms with Crippen molar-refractivity contribution >= 4 is 34.2 Å². The van der Waals surface area contributed by atoms with Crippen LogP contribution in [0, 0.1) is 25.0 Å². The summed E-state index contributed by atoms with van der Waals surface area (Å²) >= 11 is 2.11. The molecule has 1 N–H and O–H groups in total. The third-order valence-corrected chi connectivity index (χ3v) is 5.16. The fourth-order valence-electron chi connectivity index (χ4n) is 2.48. The molecule has 0 radical (unpaired) electrons. The van der Waals surface area contributed by atoms with Crippen LogP contribution in [0.1, 0.15) is 51.0 Å². The monoisotopic (exact) mass is 494 g/mol. The van der Waals surface area contributed by atoms with E-state index in [1.165, 1.54) is 31.4 Å². The Balaban J connectivity index is 0.000000336. The van der Waals surface area contributed by atoms with E-state index >= 15 is 0 Å². The smallest absolute Gasteiger partial charge is 0.303 e. The van der Waals surface area contributed by atoms with Gasteiger partial charge in [0.1, 0.15) is 6.07 Å². The zero-order chi connectivity index (χ0) is 20.9. The highest BCUT2D eigenvalue weighted by Gasteiger charge is 2.09. The Bertz CT molecular complexity index is 829. The number of nitro benzene ring substituents is 1. The maximum absolute atomic E-state index is 10.6. The molecule has 7 heteroatoms. The predicted molar refractivity (Wildman–Crippen MR) is 117 cm³/mol. The molecule has 0 bridgehead atoms. The molecule has 0 aliphatic carbocycles. The van der Waals surface area contributed by atoms with Gasteiger partial charge < -0.3 is 5.11 Å². The summed E-state index contributed by atoms with van der Waals surface area (Å²) in [4.78, 5) is 20.2. The summed E-state index contributed by atoms with van der Waals surface area (Å²) in [5.41, 5.74) is 2.43. The molecule has 28 heavy (non-hydrogen) atoms. The van der Waals surface area contributed by atoms with Crippen LogP contribution in [-0.4, -0.2) is 16.0 Å². The molecular formula is C21H23IN2O4. The first-order valence-electron chi connectivity index (χ1n) is 9.06. The number of carboxylic acids is 1. The third kappa shape index (κ3) is 8.05. The Morgan fingerprint density at radius 1 is 1.14 bits per heavy atom. The van der Waals surface area contributed by atoms with Crippen molar-refractivity contribution in [2.24, 2.45) is 0 Å². The van der Waals surface area contributed by atoms with Gasteiger partial charge >= 0.3 is 5.97 Å². The molecule has 0 atom stereocenters. The van der Waals surface area contributed by atoms with Crippen molar-refractivity contribution in [3.8, 4) is 17.2 Å². The number of benzene rings is 2. The highest BCUT2D eigenvalue weighted by atomic mass is 127. The highest BCUT2D eigenvalue weighted by molar-refractivity contribution is 14.1. The number of non-ortho nitro benzene ring substituents is 1. The number of unbranched alkanes of at least 4 members (excludes halogenated alkanes) is 4. The second kappa shape index (κ2) is 12.8. The summed E-state index contributed by atoms with van der Waals surface area (Å²) in [6.07, 6.45) is 5.88. The third-order valence-electron chi connectivity index (χ3n) is 4.00. The summed E-state index contributed by atoms with van der Waals surface area (Å²) in [7, 11) is 0. The molecule has 6 nitrogen and oxygen atoms in total. The van der Waals surface area contributed by atoms with E-state index in [2.05, 4.69) is 35.6 Å². The van der Waals surface area contributed by atoms with Crippen LogP contribution in [0.3, 0.4) is 0 Å². The van der Waals surface area contributed by atoms with Gasteiger partial charge in [-0.15, -0.1) is 0 Å². The lowest BCUT2D eigenvalue weighted by Crippen LogP contribution is -1.93. The molecule has 148 valence electrons. The molecule has 0 heterocycles. The van der Waals surface area contributed by atoms with Gasteiger partial charge in [0.25, 0.3) is 5.69 Å². The highest BCUT2D eigenvalue weighted by Crippen LogP contribution is 2.28. The number of aliphatic carboxylic acids is 1. The van der Waals surface area contributed by atoms with Crippen molar-refractivity contribution in [2.75, 3.05) is 0 Å². The van der Waals surface area contributed by atoms with E-state index < -0.39 is 10.9 Å². The average Bonchev–Trinajstić information content (AvgIpc) is 2.68. The standard InChI is InChI=1S/C13H7IN2O2.C8H16O2/c14-13-10(8-15)2-1-3-12(13)9-4-6-11(7-5-9)16(17)18;1-2-3-4-5-6-7-8(9)10/h1-7H;2-7H2,1H3,(H,9,10). The zero-order valence-corrected chi connectivity index (χ0v) is 17.9. The number of carbonyl (C=O) groups is 1. The normalized spacial score (nSPS) is 9.75. The lowest BCUT2D eigenvalue weighted by atomic mass is 10.0. The number of rotatable bonds is 8. The molecule has 0 saturated carbocycles. The second-order valence-electron chi connectivity index (χ2n) is 6.14. The Labute approximate surface area is 178 Å². The molecule has 0 aromatic heterocycles.